The summed E-state index contributed by atoms with van der Waals surface area (Å²) in [5.41, 5.74) is -0.872. The largest absolute Gasteiger partial charge is 0.481 e. The Hall–Kier alpha value is -1.79. The average molecular weight is 265 g/mol. The van der Waals surface area contributed by atoms with Crippen LogP contribution in [0.4, 0.5) is 23.2 Å². The first-order valence-electron chi connectivity index (χ1n) is 5.22. The molecule has 100 valence electrons. The minimum atomic E-state index is -1.49. The van der Waals surface area contributed by atoms with Crippen LogP contribution < -0.4 is 5.32 Å². The molecule has 18 heavy (non-hydrogen) atoms. The molecule has 0 aliphatic carbocycles. The van der Waals surface area contributed by atoms with Crippen molar-refractivity contribution < 1.29 is 27.5 Å². The van der Waals surface area contributed by atoms with Gasteiger partial charge < -0.3 is 10.4 Å². The van der Waals surface area contributed by atoms with Gasteiger partial charge in [-0.15, -0.1) is 0 Å². The number of hydrogen-bond acceptors (Lipinski definition) is 2. The number of rotatable bonds is 6. The van der Waals surface area contributed by atoms with E-state index in [2.05, 4.69) is 5.32 Å². The predicted molar refractivity (Wildman–Crippen MR) is 56.3 cm³/mol. The van der Waals surface area contributed by atoms with E-state index in [1.54, 1.807) is 0 Å². The van der Waals surface area contributed by atoms with E-state index >= 15 is 0 Å². The van der Waals surface area contributed by atoms with Gasteiger partial charge in [-0.2, -0.15) is 0 Å². The van der Waals surface area contributed by atoms with Gasteiger partial charge >= 0.3 is 5.97 Å². The Labute approximate surface area is 100 Å². The highest BCUT2D eigenvalue weighted by molar-refractivity contribution is 5.66. The van der Waals surface area contributed by atoms with E-state index in [1.807, 2.05) is 0 Å². The van der Waals surface area contributed by atoms with Gasteiger partial charge in [0.2, 0.25) is 0 Å². The van der Waals surface area contributed by atoms with Gasteiger partial charge in [-0.1, -0.05) is 0 Å². The molecule has 0 atom stereocenters. The summed E-state index contributed by atoms with van der Waals surface area (Å²) in [5, 5.41) is 10.6. The van der Waals surface area contributed by atoms with Crippen molar-refractivity contribution in [2.75, 3.05) is 11.9 Å². The van der Waals surface area contributed by atoms with Crippen LogP contribution in [0.1, 0.15) is 19.3 Å². The van der Waals surface area contributed by atoms with Gasteiger partial charge in [-0.25, -0.2) is 17.6 Å². The van der Waals surface area contributed by atoms with Crippen LogP contribution in [0.3, 0.4) is 0 Å². The maximum Gasteiger partial charge on any atom is 0.303 e. The van der Waals surface area contributed by atoms with Crippen molar-refractivity contribution in [3.63, 3.8) is 0 Å². The average Bonchev–Trinajstić information content (AvgIpc) is 2.30. The fourth-order valence-corrected chi connectivity index (χ4v) is 1.34. The van der Waals surface area contributed by atoms with Gasteiger partial charge in [0.25, 0.3) is 0 Å². The molecule has 1 rings (SSSR count). The zero-order valence-corrected chi connectivity index (χ0v) is 9.27. The number of hydrogen-bond donors (Lipinski definition) is 2. The molecular weight excluding hydrogens is 254 g/mol. The van der Waals surface area contributed by atoms with Gasteiger partial charge in [0.1, 0.15) is 5.69 Å². The maximum absolute atomic E-state index is 13.1. The summed E-state index contributed by atoms with van der Waals surface area (Å²) in [6.45, 7) is 0.0179. The summed E-state index contributed by atoms with van der Waals surface area (Å²) in [5.74, 6) is -6.94. The highest BCUT2D eigenvalue weighted by atomic mass is 19.2. The number of carboxylic acids is 1. The van der Waals surface area contributed by atoms with E-state index in [0.717, 1.165) is 0 Å². The van der Waals surface area contributed by atoms with Crippen molar-refractivity contribution >= 4 is 11.7 Å². The molecule has 3 nitrogen and oxygen atoms in total. The molecule has 0 saturated carbocycles. The highest BCUT2D eigenvalue weighted by Gasteiger charge is 2.18. The first-order valence-corrected chi connectivity index (χ1v) is 5.22. The Morgan fingerprint density at radius 3 is 2.17 bits per heavy atom. The van der Waals surface area contributed by atoms with Crippen LogP contribution in [-0.4, -0.2) is 17.6 Å². The minimum Gasteiger partial charge on any atom is -0.481 e. The number of carboxylic acid groups (broad SMARTS) is 1. The van der Waals surface area contributed by atoms with E-state index in [-0.39, 0.29) is 19.0 Å². The zero-order chi connectivity index (χ0) is 13.7. The Balaban J connectivity index is 2.59. The van der Waals surface area contributed by atoms with Crippen molar-refractivity contribution in [2.24, 2.45) is 0 Å². The second kappa shape index (κ2) is 6.23. The molecule has 1 aromatic rings. The van der Waals surface area contributed by atoms with Crippen molar-refractivity contribution in [1.82, 2.24) is 0 Å². The molecule has 0 saturated heterocycles. The Bertz CT molecular complexity index is 425. The summed E-state index contributed by atoms with van der Waals surface area (Å²) in [6.07, 6.45) is 0.525. The number of halogens is 4. The third-order valence-corrected chi connectivity index (χ3v) is 2.23. The molecule has 0 spiro atoms. The Morgan fingerprint density at radius 2 is 1.67 bits per heavy atom. The monoisotopic (exact) mass is 265 g/mol. The van der Waals surface area contributed by atoms with Crippen LogP contribution in [-0.2, 0) is 4.79 Å². The van der Waals surface area contributed by atoms with Crippen LogP contribution in [0.5, 0.6) is 0 Å². The third-order valence-electron chi connectivity index (χ3n) is 2.23. The molecule has 0 unspecified atom stereocenters. The van der Waals surface area contributed by atoms with E-state index in [4.69, 9.17) is 5.11 Å². The second-order valence-electron chi connectivity index (χ2n) is 3.62. The topological polar surface area (TPSA) is 49.3 Å². The molecule has 0 heterocycles. The molecule has 1 aromatic carbocycles. The molecule has 0 aliphatic heterocycles. The van der Waals surface area contributed by atoms with Gasteiger partial charge in [0.05, 0.1) is 0 Å². The molecule has 0 aromatic heterocycles. The lowest BCUT2D eigenvalue weighted by Gasteiger charge is -2.09. The smallest absolute Gasteiger partial charge is 0.303 e. The fraction of sp³-hybridized carbons (Fsp3) is 0.364. The third kappa shape index (κ3) is 3.61. The normalized spacial score (nSPS) is 10.4. The van der Waals surface area contributed by atoms with Crippen LogP contribution >= 0.6 is 0 Å². The van der Waals surface area contributed by atoms with E-state index in [1.165, 1.54) is 0 Å². The zero-order valence-electron chi connectivity index (χ0n) is 9.27. The minimum absolute atomic E-state index is 0.0179. The lowest BCUT2D eigenvalue weighted by atomic mass is 10.2. The van der Waals surface area contributed by atoms with Crippen molar-refractivity contribution in [2.45, 2.75) is 19.3 Å². The standard InChI is InChI=1S/C11H11F4NO2/c12-6-5-7(13)10(15)11(9(6)14)16-4-2-1-3-8(17)18/h5,16H,1-4H2,(H,17,18). The van der Waals surface area contributed by atoms with Crippen LogP contribution in [0.2, 0.25) is 0 Å². The molecule has 0 amide bonds. The summed E-state index contributed by atoms with van der Waals surface area (Å²) < 4.78 is 51.9. The first kappa shape index (κ1) is 14.3. The number of anilines is 1. The van der Waals surface area contributed by atoms with Crippen LogP contribution in [0, 0.1) is 23.3 Å². The maximum atomic E-state index is 13.1. The summed E-state index contributed by atoms with van der Waals surface area (Å²) >= 11 is 0. The first-order chi connectivity index (χ1) is 8.43. The van der Waals surface area contributed by atoms with Gasteiger partial charge in [0, 0.05) is 19.0 Å². The van der Waals surface area contributed by atoms with Gasteiger partial charge in [-0.3, -0.25) is 4.79 Å². The Kier molecular flexibility index (Phi) is 4.94. The number of carbonyl (C=O) groups is 1. The Morgan fingerprint density at radius 1 is 1.11 bits per heavy atom. The second-order valence-corrected chi connectivity index (χ2v) is 3.62. The molecule has 7 heteroatoms. The van der Waals surface area contributed by atoms with E-state index in [9.17, 15) is 22.4 Å². The molecular formula is C11H11F4NO2. The quantitative estimate of drug-likeness (QED) is 0.472. The fourth-order valence-electron chi connectivity index (χ4n) is 1.34. The molecule has 0 radical (unpaired) electrons. The van der Waals surface area contributed by atoms with Crippen molar-refractivity contribution in [1.29, 1.82) is 0 Å². The number of nitrogens with one attached hydrogen (secondary N) is 1. The lowest BCUT2D eigenvalue weighted by Crippen LogP contribution is -2.09. The SMILES string of the molecule is O=C(O)CCCCNc1c(F)c(F)cc(F)c1F. The van der Waals surface area contributed by atoms with E-state index in [0.29, 0.717) is 12.8 Å². The number of aliphatic carboxylic acids is 1. The summed E-state index contributed by atoms with van der Waals surface area (Å²) in [6, 6.07) is 0.125. The van der Waals surface area contributed by atoms with Crippen molar-refractivity contribution in [3.05, 3.63) is 29.3 Å². The molecule has 2 N–H and O–H groups in total. The van der Waals surface area contributed by atoms with Crippen molar-refractivity contribution in [3.8, 4) is 0 Å². The van der Waals surface area contributed by atoms with Gasteiger partial charge in [-0.05, 0) is 12.8 Å². The van der Waals surface area contributed by atoms with Gasteiger partial charge in [0.15, 0.2) is 23.3 Å². The molecule has 0 fully saturated rings. The van der Waals surface area contributed by atoms with Crippen LogP contribution in [0.15, 0.2) is 6.07 Å². The number of unbranched alkanes of at least 4 members (excludes halogenated alkanes) is 1. The lowest BCUT2D eigenvalue weighted by molar-refractivity contribution is -0.137. The predicted octanol–water partition coefficient (Wildman–Crippen LogP) is 2.91. The summed E-state index contributed by atoms with van der Waals surface area (Å²) in [7, 11) is 0. The molecule has 0 aliphatic rings. The highest BCUT2D eigenvalue weighted by Crippen LogP contribution is 2.24. The number of benzene rings is 1. The summed E-state index contributed by atoms with van der Waals surface area (Å²) in [4.78, 5) is 10.2. The molecule has 0 bridgehead atoms. The van der Waals surface area contributed by atoms with Crippen LogP contribution in [0.25, 0.3) is 0 Å². The van der Waals surface area contributed by atoms with E-state index < -0.39 is 34.9 Å².